The maximum absolute atomic E-state index is 13.0. The van der Waals surface area contributed by atoms with E-state index in [2.05, 4.69) is 0 Å². The highest BCUT2D eigenvalue weighted by molar-refractivity contribution is 5.99. The van der Waals surface area contributed by atoms with Crippen LogP contribution in [-0.4, -0.2) is 32.8 Å². The number of hydrogen-bond acceptors (Lipinski definition) is 4. The van der Waals surface area contributed by atoms with E-state index in [0.717, 1.165) is 5.56 Å². The van der Waals surface area contributed by atoms with Crippen LogP contribution in [0.15, 0.2) is 35.3 Å². The number of fused-ring (bicyclic) bond motifs is 1. The Kier molecular flexibility index (Phi) is 5.12. The van der Waals surface area contributed by atoms with Gasteiger partial charge >= 0.3 is 0 Å². The number of halogens is 1. The van der Waals surface area contributed by atoms with E-state index in [0.29, 0.717) is 13.1 Å². The monoisotopic (exact) mass is 372 g/mol. The van der Waals surface area contributed by atoms with Crippen LogP contribution in [0, 0.1) is 11.7 Å². The van der Waals surface area contributed by atoms with Crippen molar-refractivity contribution >= 4 is 11.7 Å². The van der Waals surface area contributed by atoms with E-state index >= 15 is 0 Å². The third-order valence-electron chi connectivity index (χ3n) is 4.54. The predicted molar refractivity (Wildman–Crippen MR) is 97.3 cm³/mol. The minimum Gasteiger partial charge on any atom is -0.503 e. The van der Waals surface area contributed by atoms with Crippen LogP contribution in [0.3, 0.4) is 0 Å². The number of rotatable bonds is 5. The number of ketones is 1. The summed E-state index contributed by atoms with van der Waals surface area (Å²) in [6, 6.07) is 5.79. The van der Waals surface area contributed by atoms with E-state index in [1.807, 2.05) is 13.8 Å². The van der Waals surface area contributed by atoms with Gasteiger partial charge in [-0.2, -0.15) is 0 Å². The molecule has 0 saturated heterocycles. The van der Waals surface area contributed by atoms with E-state index < -0.39 is 17.1 Å². The van der Waals surface area contributed by atoms with Crippen molar-refractivity contribution < 1.29 is 19.1 Å². The van der Waals surface area contributed by atoms with Crippen molar-refractivity contribution in [1.29, 1.82) is 0 Å². The van der Waals surface area contributed by atoms with Crippen molar-refractivity contribution in [3.05, 3.63) is 63.3 Å². The molecule has 27 heavy (non-hydrogen) atoms. The van der Waals surface area contributed by atoms with E-state index in [-0.39, 0.29) is 41.7 Å². The highest BCUT2D eigenvalue weighted by Gasteiger charge is 2.30. The van der Waals surface area contributed by atoms with Gasteiger partial charge in [0.2, 0.25) is 5.43 Å². The zero-order valence-electron chi connectivity index (χ0n) is 15.2. The minimum atomic E-state index is -0.816. The molecule has 2 heterocycles. The maximum Gasteiger partial charge on any atom is 0.274 e. The van der Waals surface area contributed by atoms with Gasteiger partial charge in [0.05, 0.1) is 5.56 Å². The van der Waals surface area contributed by atoms with Gasteiger partial charge in [-0.1, -0.05) is 26.0 Å². The number of carbonyl (C=O) groups is 2. The third kappa shape index (κ3) is 3.77. The molecule has 1 aliphatic heterocycles. The molecule has 2 aromatic rings. The molecular formula is C20H21FN2O4. The Labute approximate surface area is 155 Å². The second kappa shape index (κ2) is 7.34. The Morgan fingerprint density at radius 2 is 1.85 bits per heavy atom. The highest BCUT2D eigenvalue weighted by atomic mass is 19.1. The van der Waals surface area contributed by atoms with Gasteiger partial charge in [0.15, 0.2) is 17.2 Å². The SMILES string of the molecule is CC(C)CC(=O)c1cn2c(c(O)c1=O)C(=O)N(Cc1ccc(F)cc1)CC2. The fourth-order valence-electron chi connectivity index (χ4n) is 3.17. The molecular weight excluding hydrogens is 351 g/mol. The normalized spacial score (nSPS) is 13.8. The van der Waals surface area contributed by atoms with E-state index in [1.165, 1.54) is 27.8 Å². The predicted octanol–water partition coefficient (Wildman–Crippen LogP) is 2.58. The van der Waals surface area contributed by atoms with Crippen molar-refractivity contribution in [3.8, 4) is 5.75 Å². The zero-order chi connectivity index (χ0) is 19.7. The summed E-state index contributed by atoms with van der Waals surface area (Å²) in [6.45, 7) is 4.66. The van der Waals surface area contributed by atoms with Crippen molar-refractivity contribution in [2.45, 2.75) is 33.4 Å². The van der Waals surface area contributed by atoms with Crippen molar-refractivity contribution in [3.63, 3.8) is 0 Å². The summed E-state index contributed by atoms with van der Waals surface area (Å²) in [5.41, 5.74) is -0.285. The molecule has 3 rings (SSSR count). The van der Waals surface area contributed by atoms with Gasteiger partial charge < -0.3 is 14.6 Å². The van der Waals surface area contributed by atoms with Gasteiger partial charge in [-0.25, -0.2) is 4.39 Å². The molecule has 1 aromatic heterocycles. The second-order valence-electron chi connectivity index (χ2n) is 7.14. The summed E-state index contributed by atoms with van der Waals surface area (Å²) in [4.78, 5) is 38.9. The standard InChI is InChI=1S/C20H21FN2O4/c1-12(2)9-16(24)15-11-22-7-8-23(10-13-3-5-14(21)6-4-13)20(27)17(22)19(26)18(15)25/h3-6,11-12,26H,7-10H2,1-2H3. The van der Waals surface area contributed by atoms with E-state index in [1.54, 1.807) is 12.1 Å². The van der Waals surface area contributed by atoms with Crippen LogP contribution in [0.2, 0.25) is 0 Å². The lowest BCUT2D eigenvalue weighted by Gasteiger charge is -2.30. The summed E-state index contributed by atoms with van der Waals surface area (Å²) < 4.78 is 14.5. The summed E-state index contributed by atoms with van der Waals surface area (Å²) in [5, 5.41) is 10.3. The summed E-state index contributed by atoms with van der Waals surface area (Å²) >= 11 is 0. The minimum absolute atomic E-state index is 0.0768. The molecule has 0 aliphatic carbocycles. The average Bonchev–Trinajstić information content (AvgIpc) is 2.61. The molecule has 0 radical (unpaired) electrons. The van der Waals surface area contributed by atoms with Crippen LogP contribution in [-0.2, 0) is 13.1 Å². The van der Waals surface area contributed by atoms with Gasteiger partial charge in [-0.3, -0.25) is 14.4 Å². The van der Waals surface area contributed by atoms with Crippen LogP contribution >= 0.6 is 0 Å². The highest BCUT2D eigenvalue weighted by Crippen LogP contribution is 2.22. The van der Waals surface area contributed by atoms with Crippen molar-refractivity contribution in [1.82, 2.24) is 9.47 Å². The topological polar surface area (TPSA) is 79.6 Å². The third-order valence-corrected chi connectivity index (χ3v) is 4.54. The fourth-order valence-corrected chi connectivity index (χ4v) is 3.17. The Morgan fingerprint density at radius 1 is 1.19 bits per heavy atom. The lowest BCUT2D eigenvalue weighted by Crippen LogP contribution is -2.41. The van der Waals surface area contributed by atoms with Crippen molar-refractivity contribution in [2.75, 3.05) is 6.54 Å². The van der Waals surface area contributed by atoms with Crippen LogP contribution in [0.25, 0.3) is 0 Å². The number of amides is 1. The summed E-state index contributed by atoms with van der Waals surface area (Å²) in [7, 11) is 0. The molecule has 7 heteroatoms. The summed E-state index contributed by atoms with van der Waals surface area (Å²) in [6.07, 6.45) is 1.56. The fraction of sp³-hybridized carbons (Fsp3) is 0.350. The number of nitrogens with zero attached hydrogens (tertiary/aromatic N) is 2. The molecule has 0 unspecified atom stereocenters. The molecule has 1 aromatic carbocycles. The largest absolute Gasteiger partial charge is 0.503 e. The summed E-state index contributed by atoms with van der Waals surface area (Å²) in [5.74, 6) is -1.83. The number of carbonyl (C=O) groups excluding carboxylic acids is 2. The van der Waals surface area contributed by atoms with E-state index in [4.69, 9.17) is 0 Å². The maximum atomic E-state index is 13.0. The van der Waals surface area contributed by atoms with Gasteiger partial charge in [0, 0.05) is 32.3 Å². The number of aromatic hydroxyl groups is 1. The molecule has 1 N–H and O–H groups in total. The Morgan fingerprint density at radius 3 is 2.48 bits per heavy atom. The lowest BCUT2D eigenvalue weighted by molar-refractivity contribution is 0.0681. The van der Waals surface area contributed by atoms with Crippen LogP contribution < -0.4 is 5.43 Å². The Balaban J connectivity index is 1.91. The molecule has 1 aliphatic rings. The van der Waals surface area contributed by atoms with Crippen LogP contribution in [0.5, 0.6) is 5.75 Å². The Hall–Kier alpha value is -2.96. The van der Waals surface area contributed by atoms with Crippen LogP contribution in [0.4, 0.5) is 4.39 Å². The molecule has 0 fully saturated rings. The number of aromatic nitrogens is 1. The van der Waals surface area contributed by atoms with Gasteiger partial charge in [-0.15, -0.1) is 0 Å². The molecule has 142 valence electrons. The zero-order valence-corrected chi connectivity index (χ0v) is 15.2. The quantitative estimate of drug-likeness (QED) is 0.818. The molecule has 1 amide bonds. The number of Topliss-reactive ketones (excluding diaryl/α,β-unsaturated/α-hetero) is 1. The first-order chi connectivity index (χ1) is 12.8. The van der Waals surface area contributed by atoms with Gasteiger partial charge in [0.25, 0.3) is 5.91 Å². The first kappa shape index (κ1) is 18.8. The smallest absolute Gasteiger partial charge is 0.274 e. The second-order valence-corrected chi connectivity index (χ2v) is 7.14. The number of benzene rings is 1. The first-order valence-electron chi connectivity index (χ1n) is 8.81. The molecule has 0 saturated carbocycles. The molecule has 0 spiro atoms. The lowest BCUT2D eigenvalue weighted by atomic mass is 10.0. The van der Waals surface area contributed by atoms with E-state index in [9.17, 15) is 23.9 Å². The van der Waals surface area contributed by atoms with Crippen LogP contribution in [0.1, 0.15) is 46.7 Å². The molecule has 0 atom stereocenters. The van der Waals surface area contributed by atoms with Crippen molar-refractivity contribution in [2.24, 2.45) is 5.92 Å². The average molecular weight is 372 g/mol. The van der Waals surface area contributed by atoms with Gasteiger partial charge in [0.1, 0.15) is 5.82 Å². The number of pyridine rings is 1. The first-order valence-corrected chi connectivity index (χ1v) is 8.81. The molecule has 6 nitrogen and oxygen atoms in total. The number of hydrogen-bond donors (Lipinski definition) is 1. The molecule has 0 bridgehead atoms. The van der Waals surface area contributed by atoms with Gasteiger partial charge in [-0.05, 0) is 23.6 Å². The Bertz CT molecular complexity index is 948.